The molecule has 0 radical (unpaired) electrons. The Kier molecular flexibility index (Phi) is 5.95. The van der Waals surface area contributed by atoms with Crippen molar-refractivity contribution in [2.45, 2.75) is 20.8 Å². The van der Waals surface area contributed by atoms with E-state index < -0.39 is 0 Å². The Morgan fingerprint density at radius 1 is 0.933 bits per heavy atom. The molecule has 0 saturated carbocycles. The molecule has 15 heavy (non-hydrogen) atoms. The van der Waals surface area contributed by atoms with E-state index in [1.54, 1.807) is 32.1 Å². The first kappa shape index (κ1) is 13.3. The standard InChI is InChI=1S/C13H18O2/c1-10(2)5-7-13(9-12(4)15)8-6-11(3)14/h5-9,14-15H,1H2,2-4H3/b7-5-,11-6+,12-9+,13-8-. The summed E-state index contributed by atoms with van der Waals surface area (Å²) in [6, 6.07) is 0. The topological polar surface area (TPSA) is 40.5 Å². The van der Waals surface area contributed by atoms with Gasteiger partial charge in [-0.2, -0.15) is 0 Å². The molecule has 0 aromatic heterocycles. The second kappa shape index (κ2) is 6.71. The maximum absolute atomic E-state index is 9.13. The van der Waals surface area contributed by atoms with Gasteiger partial charge in [0.1, 0.15) is 0 Å². The maximum atomic E-state index is 9.13. The SMILES string of the molecule is C=C(C)\C=C/C(=C/C=C(\C)O)/C=C(\C)O. The number of allylic oxidation sites excluding steroid dienone is 9. The number of hydrogen-bond acceptors (Lipinski definition) is 2. The van der Waals surface area contributed by atoms with Crippen molar-refractivity contribution in [3.05, 3.63) is 59.6 Å². The van der Waals surface area contributed by atoms with E-state index in [9.17, 15) is 0 Å². The fourth-order valence-corrected chi connectivity index (χ4v) is 0.848. The van der Waals surface area contributed by atoms with Gasteiger partial charge in [0.2, 0.25) is 0 Å². The fourth-order valence-electron chi connectivity index (χ4n) is 0.848. The number of aliphatic hydroxyl groups is 2. The van der Waals surface area contributed by atoms with E-state index in [1.807, 2.05) is 19.1 Å². The Morgan fingerprint density at radius 3 is 1.93 bits per heavy atom. The first-order chi connectivity index (χ1) is 6.91. The lowest BCUT2D eigenvalue weighted by molar-refractivity contribution is 0.413. The van der Waals surface area contributed by atoms with Crippen molar-refractivity contribution in [2.75, 3.05) is 0 Å². The third-order valence-corrected chi connectivity index (χ3v) is 1.45. The lowest BCUT2D eigenvalue weighted by Crippen LogP contribution is -1.77. The highest BCUT2D eigenvalue weighted by molar-refractivity contribution is 5.37. The zero-order chi connectivity index (χ0) is 11.8. The van der Waals surface area contributed by atoms with Gasteiger partial charge in [-0.3, -0.25) is 0 Å². The van der Waals surface area contributed by atoms with E-state index in [-0.39, 0.29) is 11.5 Å². The molecular weight excluding hydrogens is 188 g/mol. The quantitative estimate of drug-likeness (QED) is 0.539. The summed E-state index contributed by atoms with van der Waals surface area (Å²) < 4.78 is 0. The summed E-state index contributed by atoms with van der Waals surface area (Å²) in [5.74, 6) is 0.442. The Hall–Kier alpha value is -1.70. The Labute approximate surface area is 91.3 Å². The van der Waals surface area contributed by atoms with Crippen LogP contribution in [0.4, 0.5) is 0 Å². The van der Waals surface area contributed by atoms with Gasteiger partial charge in [0.15, 0.2) is 0 Å². The van der Waals surface area contributed by atoms with Crippen molar-refractivity contribution in [2.24, 2.45) is 0 Å². The summed E-state index contributed by atoms with van der Waals surface area (Å²) in [5.41, 5.74) is 1.72. The van der Waals surface area contributed by atoms with Gasteiger partial charge in [0, 0.05) is 0 Å². The first-order valence-corrected chi connectivity index (χ1v) is 4.70. The molecule has 0 bridgehead atoms. The van der Waals surface area contributed by atoms with Crippen LogP contribution in [0.3, 0.4) is 0 Å². The Bertz CT molecular complexity index is 334. The molecule has 0 aromatic rings. The second-order valence-corrected chi connectivity index (χ2v) is 3.44. The lowest BCUT2D eigenvalue weighted by Gasteiger charge is -1.95. The van der Waals surface area contributed by atoms with Crippen molar-refractivity contribution >= 4 is 0 Å². The van der Waals surface area contributed by atoms with E-state index in [0.717, 1.165) is 11.1 Å². The zero-order valence-corrected chi connectivity index (χ0v) is 9.49. The van der Waals surface area contributed by atoms with E-state index in [4.69, 9.17) is 10.2 Å². The van der Waals surface area contributed by atoms with E-state index in [1.165, 1.54) is 0 Å². The minimum atomic E-state index is 0.219. The molecule has 0 aliphatic heterocycles. The van der Waals surface area contributed by atoms with Crippen LogP contribution >= 0.6 is 0 Å². The van der Waals surface area contributed by atoms with Crippen molar-refractivity contribution < 1.29 is 10.2 Å². The molecule has 0 fully saturated rings. The number of aliphatic hydroxyl groups excluding tert-OH is 2. The van der Waals surface area contributed by atoms with E-state index in [0.29, 0.717) is 0 Å². The smallest absolute Gasteiger partial charge is 0.0897 e. The van der Waals surface area contributed by atoms with Gasteiger partial charge in [-0.15, -0.1) is 0 Å². The van der Waals surface area contributed by atoms with E-state index >= 15 is 0 Å². The van der Waals surface area contributed by atoms with Crippen molar-refractivity contribution in [3.8, 4) is 0 Å². The molecule has 82 valence electrons. The molecule has 0 amide bonds. The number of rotatable bonds is 4. The van der Waals surface area contributed by atoms with Gasteiger partial charge in [-0.05, 0) is 38.5 Å². The molecule has 0 unspecified atom stereocenters. The van der Waals surface area contributed by atoms with Crippen LogP contribution in [-0.4, -0.2) is 10.2 Å². The molecule has 0 rings (SSSR count). The molecular formula is C13H18O2. The first-order valence-electron chi connectivity index (χ1n) is 4.70. The van der Waals surface area contributed by atoms with Crippen molar-refractivity contribution in [1.82, 2.24) is 0 Å². The van der Waals surface area contributed by atoms with Crippen LogP contribution < -0.4 is 0 Å². The summed E-state index contributed by atoms with van der Waals surface area (Å²) >= 11 is 0. The molecule has 2 heteroatoms. The summed E-state index contributed by atoms with van der Waals surface area (Å²) in [6.45, 7) is 8.81. The largest absolute Gasteiger partial charge is 0.513 e. The lowest BCUT2D eigenvalue weighted by atomic mass is 10.1. The third-order valence-electron chi connectivity index (χ3n) is 1.45. The van der Waals surface area contributed by atoms with Crippen LogP contribution in [0.5, 0.6) is 0 Å². The summed E-state index contributed by atoms with van der Waals surface area (Å²) in [6.07, 6.45) is 8.55. The molecule has 0 saturated heterocycles. The van der Waals surface area contributed by atoms with Gasteiger partial charge in [0.05, 0.1) is 11.5 Å². The Balaban J connectivity index is 4.90. The number of hydrogen-bond donors (Lipinski definition) is 2. The van der Waals surface area contributed by atoms with Crippen LogP contribution in [0.1, 0.15) is 20.8 Å². The van der Waals surface area contributed by atoms with Crippen LogP contribution in [-0.2, 0) is 0 Å². The van der Waals surface area contributed by atoms with Crippen molar-refractivity contribution in [1.29, 1.82) is 0 Å². The minimum absolute atomic E-state index is 0.219. The van der Waals surface area contributed by atoms with Crippen LogP contribution in [0, 0.1) is 0 Å². The van der Waals surface area contributed by atoms with Crippen LogP contribution in [0.2, 0.25) is 0 Å². The van der Waals surface area contributed by atoms with Crippen LogP contribution in [0.25, 0.3) is 0 Å². The van der Waals surface area contributed by atoms with Gasteiger partial charge in [0.25, 0.3) is 0 Å². The molecule has 2 N–H and O–H groups in total. The highest BCUT2D eigenvalue weighted by Gasteiger charge is 1.88. The average Bonchev–Trinajstić information content (AvgIpc) is 2.08. The third kappa shape index (κ3) is 8.63. The highest BCUT2D eigenvalue weighted by Crippen LogP contribution is 2.06. The molecule has 0 spiro atoms. The van der Waals surface area contributed by atoms with Gasteiger partial charge in [-0.1, -0.05) is 30.4 Å². The highest BCUT2D eigenvalue weighted by atomic mass is 16.3. The predicted molar refractivity (Wildman–Crippen MR) is 64.8 cm³/mol. The van der Waals surface area contributed by atoms with Crippen LogP contribution in [0.15, 0.2) is 59.6 Å². The average molecular weight is 206 g/mol. The fraction of sp³-hybridized carbons (Fsp3) is 0.231. The second-order valence-electron chi connectivity index (χ2n) is 3.44. The molecule has 0 aromatic carbocycles. The summed E-state index contributed by atoms with van der Waals surface area (Å²) in [7, 11) is 0. The molecule has 0 aliphatic rings. The predicted octanol–water partition coefficient (Wildman–Crippen LogP) is 3.97. The maximum Gasteiger partial charge on any atom is 0.0897 e. The molecule has 2 nitrogen and oxygen atoms in total. The monoisotopic (exact) mass is 206 g/mol. The summed E-state index contributed by atoms with van der Waals surface area (Å²) in [5, 5.41) is 18.1. The minimum Gasteiger partial charge on any atom is -0.513 e. The molecule has 0 heterocycles. The molecule has 0 aliphatic carbocycles. The molecule has 0 atom stereocenters. The zero-order valence-electron chi connectivity index (χ0n) is 9.49. The van der Waals surface area contributed by atoms with Gasteiger partial charge >= 0.3 is 0 Å². The van der Waals surface area contributed by atoms with E-state index in [2.05, 4.69) is 6.58 Å². The Morgan fingerprint density at radius 2 is 1.53 bits per heavy atom. The van der Waals surface area contributed by atoms with Gasteiger partial charge in [-0.25, -0.2) is 0 Å². The van der Waals surface area contributed by atoms with Gasteiger partial charge < -0.3 is 10.2 Å². The summed E-state index contributed by atoms with van der Waals surface area (Å²) in [4.78, 5) is 0. The van der Waals surface area contributed by atoms with Crippen molar-refractivity contribution in [3.63, 3.8) is 0 Å². The normalized spacial score (nSPS) is 14.7.